The van der Waals surface area contributed by atoms with Gasteiger partial charge in [0, 0.05) is 11.8 Å². The Bertz CT molecular complexity index is 598. The van der Waals surface area contributed by atoms with Crippen LogP contribution in [0, 0.1) is 28.1 Å². The van der Waals surface area contributed by atoms with Gasteiger partial charge in [0.25, 0.3) is 0 Å². The van der Waals surface area contributed by atoms with Crippen molar-refractivity contribution in [3.05, 3.63) is 18.2 Å². The number of benzene rings is 1. The molecule has 0 bridgehead atoms. The first kappa shape index (κ1) is 15.0. The minimum atomic E-state index is -1.10. The van der Waals surface area contributed by atoms with Gasteiger partial charge in [0.15, 0.2) is 17.5 Å². The summed E-state index contributed by atoms with van der Waals surface area (Å²) in [6.45, 7) is 0. The van der Waals surface area contributed by atoms with Gasteiger partial charge in [-0.1, -0.05) is 0 Å². The molecule has 0 aliphatic rings. The maximum absolute atomic E-state index is 8.76. The Kier molecular flexibility index (Phi) is 5.54. The molecule has 0 unspecified atom stereocenters. The van der Waals surface area contributed by atoms with E-state index in [-0.39, 0.29) is 0 Å². The standard InChI is InChI=1S/C13H13N5O2/c1-19-12-4-3-9(5-13(12)20-2)17-8-18-11(7-15)10(16)6-14/h3-5,8,11,16H,1-2H3,(H,17,18)/t11-/m0/s1. The molecule has 20 heavy (non-hydrogen) atoms. The van der Waals surface area contributed by atoms with Gasteiger partial charge < -0.3 is 14.8 Å². The average Bonchev–Trinajstić information content (AvgIpc) is 2.50. The first-order chi connectivity index (χ1) is 9.65. The molecule has 7 nitrogen and oxygen atoms in total. The maximum Gasteiger partial charge on any atom is 0.189 e. The van der Waals surface area contributed by atoms with Crippen LogP contribution in [0.25, 0.3) is 0 Å². The highest BCUT2D eigenvalue weighted by atomic mass is 16.5. The van der Waals surface area contributed by atoms with Gasteiger partial charge in [0.1, 0.15) is 11.8 Å². The van der Waals surface area contributed by atoms with Crippen LogP contribution in [0.4, 0.5) is 5.69 Å². The minimum Gasteiger partial charge on any atom is -0.493 e. The summed E-state index contributed by atoms with van der Waals surface area (Å²) in [4.78, 5) is 3.79. The number of anilines is 1. The maximum atomic E-state index is 8.76. The number of hydrogen-bond donors (Lipinski definition) is 2. The van der Waals surface area contributed by atoms with Crippen LogP contribution in [0.15, 0.2) is 23.2 Å². The van der Waals surface area contributed by atoms with Crippen LogP contribution in [0.5, 0.6) is 11.5 Å². The van der Waals surface area contributed by atoms with Gasteiger partial charge in [-0.3, -0.25) is 5.41 Å². The second-order valence-corrected chi connectivity index (χ2v) is 3.55. The normalized spacial score (nSPS) is 11.2. The lowest BCUT2D eigenvalue weighted by Gasteiger charge is -2.09. The summed E-state index contributed by atoms with van der Waals surface area (Å²) < 4.78 is 10.2. The number of nitrogens with zero attached hydrogens (tertiary/aromatic N) is 3. The summed E-state index contributed by atoms with van der Waals surface area (Å²) in [6, 6.07) is 7.38. The number of nitriles is 2. The van der Waals surface area contributed by atoms with Crippen molar-refractivity contribution in [2.24, 2.45) is 4.99 Å². The Morgan fingerprint density at radius 2 is 2.05 bits per heavy atom. The summed E-state index contributed by atoms with van der Waals surface area (Å²) in [5.41, 5.74) is 0.268. The van der Waals surface area contributed by atoms with E-state index in [4.69, 9.17) is 25.4 Å². The zero-order valence-corrected chi connectivity index (χ0v) is 11.0. The molecule has 0 radical (unpaired) electrons. The van der Waals surface area contributed by atoms with E-state index in [1.807, 2.05) is 0 Å². The Hall–Kier alpha value is -3.06. The summed E-state index contributed by atoms with van der Waals surface area (Å²) >= 11 is 0. The third-order valence-electron chi connectivity index (χ3n) is 2.35. The Morgan fingerprint density at radius 3 is 2.60 bits per heavy atom. The molecule has 1 aromatic carbocycles. The Morgan fingerprint density at radius 1 is 1.35 bits per heavy atom. The number of hydrogen-bond acceptors (Lipinski definition) is 6. The first-order valence-corrected chi connectivity index (χ1v) is 5.54. The second kappa shape index (κ2) is 7.39. The molecule has 1 atom stereocenters. The summed E-state index contributed by atoms with van der Waals surface area (Å²) in [7, 11) is 3.06. The van der Waals surface area contributed by atoms with Gasteiger partial charge >= 0.3 is 0 Å². The molecule has 0 aliphatic heterocycles. The fourth-order valence-corrected chi connectivity index (χ4v) is 1.35. The molecule has 1 rings (SSSR count). The Labute approximate surface area is 116 Å². The summed E-state index contributed by atoms with van der Waals surface area (Å²) in [5, 5.41) is 27.3. The van der Waals surface area contributed by atoms with Crippen molar-refractivity contribution in [1.29, 1.82) is 15.9 Å². The van der Waals surface area contributed by atoms with Gasteiger partial charge in [-0.15, -0.1) is 0 Å². The predicted molar refractivity (Wildman–Crippen MR) is 74.4 cm³/mol. The van der Waals surface area contributed by atoms with Gasteiger partial charge in [0.05, 0.1) is 26.6 Å². The van der Waals surface area contributed by atoms with Crippen LogP contribution in [0.2, 0.25) is 0 Å². The fraction of sp³-hybridized carbons (Fsp3) is 0.231. The number of methoxy groups -OCH3 is 2. The lowest BCUT2D eigenvalue weighted by Crippen LogP contribution is -2.14. The molecule has 102 valence electrons. The molecule has 0 fully saturated rings. The highest BCUT2D eigenvalue weighted by Crippen LogP contribution is 2.29. The molecule has 2 N–H and O–H groups in total. The van der Waals surface area contributed by atoms with Crippen molar-refractivity contribution >= 4 is 17.7 Å². The van der Waals surface area contributed by atoms with E-state index >= 15 is 0 Å². The predicted octanol–water partition coefficient (Wildman–Crippen LogP) is 1.58. The quantitative estimate of drug-likeness (QED) is 0.602. The molecule has 0 spiro atoms. The van der Waals surface area contributed by atoms with Crippen molar-refractivity contribution in [3.8, 4) is 23.6 Å². The number of ether oxygens (including phenoxy) is 2. The minimum absolute atomic E-state index is 0.405. The van der Waals surface area contributed by atoms with Crippen LogP contribution in [0.3, 0.4) is 0 Å². The van der Waals surface area contributed by atoms with Crippen LogP contribution < -0.4 is 14.8 Å². The van der Waals surface area contributed by atoms with Crippen molar-refractivity contribution in [1.82, 2.24) is 0 Å². The van der Waals surface area contributed by atoms with E-state index in [9.17, 15) is 0 Å². The van der Waals surface area contributed by atoms with E-state index in [0.29, 0.717) is 17.2 Å². The van der Waals surface area contributed by atoms with Crippen molar-refractivity contribution in [3.63, 3.8) is 0 Å². The third kappa shape index (κ3) is 3.72. The molecule has 0 saturated carbocycles. The highest BCUT2D eigenvalue weighted by molar-refractivity contribution is 6.02. The zero-order chi connectivity index (χ0) is 15.0. The lowest BCUT2D eigenvalue weighted by atomic mass is 10.2. The topological polar surface area (TPSA) is 114 Å². The van der Waals surface area contributed by atoms with Crippen LogP contribution in [-0.4, -0.2) is 32.3 Å². The molecule has 0 aliphatic carbocycles. The highest BCUT2D eigenvalue weighted by Gasteiger charge is 2.10. The zero-order valence-electron chi connectivity index (χ0n) is 11.0. The van der Waals surface area contributed by atoms with E-state index in [1.165, 1.54) is 20.6 Å². The van der Waals surface area contributed by atoms with E-state index in [2.05, 4.69) is 10.3 Å². The van der Waals surface area contributed by atoms with Gasteiger partial charge in [-0.05, 0) is 12.1 Å². The third-order valence-corrected chi connectivity index (χ3v) is 2.35. The number of aliphatic imine (C=N–C) groups is 1. The summed E-state index contributed by atoms with van der Waals surface area (Å²) in [6.07, 6.45) is 1.26. The second-order valence-electron chi connectivity index (χ2n) is 3.55. The molecule has 1 aromatic rings. The van der Waals surface area contributed by atoms with Crippen molar-refractivity contribution in [2.75, 3.05) is 19.5 Å². The van der Waals surface area contributed by atoms with Crippen LogP contribution in [-0.2, 0) is 0 Å². The molecule has 0 aromatic heterocycles. The number of rotatable bonds is 6. The smallest absolute Gasteiger partial charge is 0.189 e. The first-order valence-electron chi connectivity index (χ1n) is 5.54. The largest absolute Gasteiger partial charge is 0.493 e. The average molecular weight is 271 g/mol. The molecule has 0 heterocycles. The molecule has 7 heteroatoms. The van der Waals surface area contributed by atoms with Gasteiger partial charge in [-0.2, -0.15) is 10.5 Å². The SMILES string of the molecule is COc1ccc(NC=N[C@@H](C#N)C(=N)C#N)cc1OC. The van der Waals surface area contributed by atoms with E-state index in [0.717, 1.165) is 0 Å². The van der Waals surface area contributed by atoms with Crippen molar-refractivity contribution in [2.45, 2.75) is 6.04 Å². The number of nitrogens with one attached hydrogen (secondary N) is 2. The fourth-order valence-electron chi connectivity index (χ4n) is 1.35. The lowest BCUT2D eigenvalue weighted by molar-refractivity contribution is 0.355. The van der Waals surface area contributed by atoms with E-state index in [1.54, 1.807) is 30.3 Å². The van der Waals surface area contributed by atoms with Gasteiger partial charge in [-0.25, -0.2) is 4.99 Å². The molecule has 0 saturated heterocycles. The van der Waals surface area contributed by atoms with E-state index < -0.39 is 11.8 Å². The monoisotopic (exact) mass is 271 g/mol. The molecular formula is C13H13N5O2. The van der Waals surface area contributed by atoms with Crippen molar-refractivity contribution < 1.29 is 9.47 Å². The van der Waals surface area contributed by atoms with Crippen LogP contribution >= 0.6 is 0 Å². The summed E-state index contributed by atoms with van der Waals surface area (Å²) in [5.74, 6) is 1.14. The van der Waals surface area contributed by atoms with Crippen LogP contribution in [0.1, 0.15) is 0 Å². The Balaban J connectivity index is 2.78. The van der Waals surface area contributed by atoms with Gasteiger partial charge in [0.2, 0.25) is 0 Å². The molecule has 0 amide bonds. The molecular weight excluding hydrogens is 258 g/mol.